The normalized spacial score (nSPS) is 11.8. The van der Waals surface area contributed by atoms with Gasteiger partial charge in [0.1, 0.15) is 24.3 Å². The Bertz CT molecular complexity index is 1220. The van der Waals surface area contributed by atoms with Crippen LogP contribution in [0.4, 0.5) is 5.69 Å². The number of anilines is 1. The average molecular weight is 493 g/mol. The van der Waals surface area contributed by atoms with Crippen molar-refractivity contribution in [3.63, 3.8) is 0 Å². The summed E-state index contributed by atoms with van der Waals surface area (Å²) in [4.78, 5) is 40.4. The molecule has 0 aliphatic rings. The van der Waals surface area contributed by atoms with Crippen LogP contribution in [0.15, 0.2) is 51.1 Å². The van der Waals surface area contributed by atoms with Crippen molar-refractivity contribution in [1.82, 2.24) is 9.88 Å². The largest absolute Gasteiger partial charge is 0.497 e. The number of hydrogen-bond acceptors (Lipinski definition) is 7. The van der Waals surface area contributed by atoms with E-state index in [0.717, 1.165) is 4.57 Å². The van der Waals surface area contributed by atoms with Crippen molar-refractivity contribution in [2.24, 2.45) is 16.5 Å². The molecule has 6 N–H and O–H groups in total. The maximum atomic E-state index is 12.9. The number of rotatable bonds is 12. The molecule has 13 heteroatoms. The summed E-state index contributed by atoms with van der Waals surface area (Å²) in [5.41, 5.74) is 9.97. The molecule has 1 atom stereocenters. The summed E-state index contributed by atoms with van der Waals surface area (Å²) in [6.07, 6.45) is 1.35. The smallest absolute Gasteiger partial charge is 0.275 e. The number of nitrogens with one attached hydrogen (secondary N) is 2. The zero-order valence-electron chi connectivity index (χ0n) is 18.9. The molecule has 0 aliphatic carbocycles. The van der Waals surface area contributed by atoms with Crippen molar-refractivity contribution in [2.75, 3.05) is 18.4 Å². The lowest BCUT2D eigenvalue weighted by molar-refractivity contribution is -0.124. The molecule has 12 nitrogen and oxygen atoms in total. The van der Waals surface area contributed by atoms with Gasteiger partial charge in [-0.05, 0) is 44.0 Å². The maximum absolute atomic E-state index is 12.9. The highest BCUT2D eigenvalue weighted by molar-refractivity contribution is 7.92. The molecule has 1 heterocycles. The van der Waals surface area contributed by atoms with Crippen molar-refractivity contribution in [3.8, 4) is 5.75 Å². The number of aromatic nitrogens is 1. The van der Waals surface area contributed by atoms with Gasteiger partial charge in [-0.2, -0.15) is 0 Å². The second-order valence-electron chi connectivity index (χ2n) is 7.32. The molecule has 0 spiro atoms. The van der Waals surface area contributed by atoms with Crippen molar-refractivity contribution in [2.45, 2.75) is 37.2 Å². The molecule has 1 aromatic carbocycles. The number of ether oxygens (including phenoxy) is 1. The van der Waals surface area contributed by atoms with Gasteiger partial charge in [0.25, 0.3) is 15.6 Å². The first-order valence-electron chi connectivity index (χ1n) is 10.2. The molecule has 0 aliphatic heterocycles. The van der Waals surface area contributed by atoms with Crippen LogP contribution < -0.4 is 31.8 Å². The SMILES string of the molecule is COc1cccc(S(=O)(=O)Nc2ccc(C)n(CC(=O)N[C@H](C=O)CCCN=C(N)N)c2=O)c1. The van der Waals surface area contributed by atoms with E-state index in [1.807, 2.05) is 0 Å². The third-order valence-corrected chi connectivity index (χ3v) is 6.13. The van der Waals surface area contributed by atoms with E-state index in [-0.39, 0.29) is 16.5 Å². The van der Waals surface area contributed by atoms with Crippen LogP contribution in [-0.2, 0) is 26.2 Å². The van der Waals surface area contributed by atoms with Crippen molar-refractivity contribution in [1.29, 1.82) is 0 Å². The number of hydrogen-bond donors (Lipinski definition) is 4. The van der Waals surface area contributed by atoms with Gasteiger partial charge in [-0.15, -0.1) is 0 Å². The molecule has 1 aromatic heterocycles. The fourth-order valence-electron chi connectivity index (χ4n) is 3.01. The Labute approximate surface area is 197 Å². The molecular weight excluding hydrogens is 464 g/mol. The molecule has 2 rings (SSSR count). The van der Waals surface area contributed by atoms with Gasteiger partial charge in [-0.1, -0.05) is 6.07 Å². The third kappa shape index (κ3) is 7.33. The zero-order valence-corrected chi connectivity index (χ0v) is 19.7. The van der Waals surface area contributed by atoms with Gasteiger partial charge in [0.15, 0.2) is 5.96 Å². The number of aliphatic imine (C=N–C) groups is 1. The van der Waals surface area contributed by atoms with Crippen LogP contribution in [0.2, 0.25) is 0 Å². The van der Waals surface area contributed by atoms with Gasteiger partial charge in [0, 0.05) is 18.3 Å². The van der Waals surface area contributed by atoms with E-state index in [1.165, 1.54) is 37.4 Å². The van der Waals surface area contributed by atoms with E-state index < -0.39 is 34.1 Å². The Morgan fingerprint density at radius 2 is 2.00 bits per heavy atom. The van der Waals surface area contributed by atoms with E-state index in [1.54, 1.807) is 13.0 Å². The Balaban J connectivity index is 2.15. The number of pyridine rings is 1. The first-order chi connectivity index (χ1) is 16.1. The summed E-state index contributed by atoms with van der Waals surface area (Å²) in [5.74, 6) is -0.315. The highest BCUT2D eigenvalue weighted by Crippen LogP contribution is 2.19. The van der Waals surface area contributed by atoms with E-state index in [2.05, 4.69) is 15.0 Å². The zero-order chi connectivity index (χ0) is 25.3. The van der Waals surface area contributed by atoms with E-state index in [0.29, 0.717) is 37.1 Å². The topological polar surface area (TPSA) is 188 Å². The Hall–Kier alpha value is -3.87. The molecule has 0 saturated carbocycles. The van der Waals surface area contributed by atoms with Crippen LogP contribution in [0, 0.1) is 6.92 Å². The number of benzene rings is 1. The van der Waals surface area contributed by atoms with Crippen LogP contribution in [0.1, 0.15) is 18.5 Å². The molecule has 0 radical (unpaired) electrons. The quantitative estimate of drug-likeness (QED) is 0.134. The summed E-state index contributed by atoms with van der Waals surface area (Å²) in [6, 6.07) is 7.81. The summed E-state index contributed by atoms with van der Waals surface area (Å²) >= 11 is 0. The van der Waals surface area contributed by atoms with Crippen LogP contribution in [0.5, 0.6) is 5.75 Å². The Morgan fingerprint density at radius 1 is 1.26 bits per heavy atom. The van der Waals surface area contributed by atoms with Gasteiger partial charge >= 0.3 is 0 Å². The van der Waals surface area contributed by atoms with Crippen LogP contribution >= 0.6 is 0 Å². The second kappa shape index (κ2) is 11.8. The number of sulfonamides is 1. The van der Waals surface area contributed by atoms with Gasteiger partial charge in [-0.3, -0.25) is 19.3 Å². The standard InChI is InChI=1S/C21H28N6O6S/c1-14-8-9-18(26-34(31,32)17-7-3-6-16(11-17)33-2)20(30)27(14)12-19(29)25-15(13-28)5-4-10-24-21(22)23/h3,6-9,11,13,15,26H,4-5,10,12H2,1-2H3,(H,25,29)(H4,22,23,24)/t15-/m0/s1. The molecule has 1 amide bonds. The van der Waals surface area contributed by atoms with Crippen molar-refractivity contribution in [3.05, 3.63) is 52.4 Å². The van der Waals surface area contributed by atoms with E-state index in [4.69, 9.17) is 16.2 Å². The number of aryl methyl sites for hydroxylation is 1. The fourth-order valence-corrected chi connectivity index (χ4v) is 4.10. The van der Waals surface area contributed by atoms with Gasteiger partial charge < -0.3 is 30.9 Å². The fraction of sp³-hybridized carbons (Fsp3) is 0.333. The number of nitrogens with two attached hydrogens (primary N) is 2. The third-order valence-electron chi connectivity index (χ3n) is 4.77. The minimum absolute atomic E-state index is 0.0663. The number of amides is 1. The molecule has 34 heavy (non-hydrogen) atoms. The average Bonchev–Trinajstić information content (AvgIpc) is 2.80. The second-order valence-corrected chi connectivity index (χ2v) is 9.01. The first-order valence-corrected chi connectivity index (χ1v) is 11.7. The maximum Gasteiger partial charge on any atom is 0.275 e. The summed E-state index contributed by atoms with van der Waals surface area (Å²) < 4.78 is 33.9. The lowest BCUT2D eigenvalue weighted by Crippen LogP contribution is -2.40. The number of aldehydes is 1. The molecular formula is C21H28N6O6S. The Morgan fingerprint density at radius 3 is 2.65 bits per heavy atom. The monoisotopic (exact) mass is 492 g/mol. The molecule has 0 unspecified atom stereocenters. The number of methoxy groups -OCH3 is 1. The van der Waals surface area contributed by atoms with Gasteiger partial charge in [0.05, 0.1) is 18.0 Å². The summed E-state index contributed by atoms with van der Waals surface area (Å²) in [7, 11) is -2.68. The highest BCUT2D eigenvalue weighted by Gasteiger charge is 2.19. The summed E-state index contributed by atoms with van der Waals surface area (Å²) in [6.45, 7) is 1.50. The predicted molar refractivity (Wildman–Crippen MR) is 127 cm³/mol. The minimum atomic E-state index is -4.09. The lowest BCUT2D eigenvalue weighted by atomic mass is 10.2. The van der Waals surface area contributed by atoms with Crippen molar-refractivity contribution >= 4 is 33.9 Å². The lowest BCUT2D eigenvalue weighted by Gasteiger charge is -2.16. The van der Waals surface area contributed by atoms with Gasteiger partial charge in [0.2, 0.25) is 5.91 Å². The van der Waals surface area contributed by atoms with Gasteiger partial charge in [-0.25, -0.2) is 8.42 Å². The van der Waals surface area contributed by atoms with Crippen molar-refractivity contribution < 1.29 is 22.7 Å². The molecule has 184 valence electrons. The minimum Gasteiger partial charge on any atom is -0.497 e. The van der Waals surface area contributed by atoms with Crippen LogP contribution in [0.3, 0.4) is 0 Å². The number of guanidine groups is 1. The highest BCUT2D eigenvalue weighted by atomic mass is 32.2. The van der Waals surface area contributed by atoms with Crippen LogP contribution in [-0.4, -0.2) is 50.8 Å². The van der Waals surface area contributed by atoms with E-state index in [9.17, 15) is 22.8 Å². The number of carbonyl (C=O) groups excluding carboxylic acids is 2. The molecule has 0 bridgehead atoms. The number of carbonyl (C=O) groups is 2. The first kappa shape index (κ1) is 26.4. The number of nitrogens with zero attached hydrogens (tertiary/aromatic N) is 2. The summed E-state index contributed by atoms with van der Waals surface area (Å²) in [5, 5.41) is 2.53. The van der Waals surface area contributed by atoms with E-state index >= 15 is 0 Å². The van der Waals surface area contributed by atoms with Crippen LogP contribution in [0.25, 0.3) is 0 Å². The molecule has 0 fully saturated rings. The molecule has 2 aromatic rings. The Kier molecular flexibility index (Phi) is 9.18. The molecule has 0 saturated heterocycles. The predicted octanol–water partition coefficient (Wildman–Crippen LogP) is -0.297.